The quantitative estimate of drug-likeness (QED) is 0.227. The summed E-state index contributed by atoms with van der Waals surface area (Å²) in [6.07, 6.45) is 22.2. The van der Waals surface area contributed by atoms with Crippen molar-refractivity contribution in [3.63, 3.8) is 0 Å². The highest BCUT2D eigenvalue weighted by Gasteiger charge is 2.01. The topological polar surface area (TPSA) is 52.3 Å². The standard InChI is InChI=1S/C21H43NO2/c1-2-3-4-5-6-7-8-9-10-11-12-13-14-15-16-17-18-21(23)24-20-19-22/h2-20,22H2,1H3. The van der Waals surface area contributed by atoms with Crippen LogP contribution in [-0.4, -0.2) is 19.1 Å². The molecule has 144 valence electrons. The van der Waals surface area contributed by atoms with Crippen LogP contribution in [0.4, 0.5) is 0 Å². The lowest BCUT2D eigenvalue weighted by atomic mass is 10.0. The maximum absolute atomic E-state index is 11.3. The largest absolute Gasteiger partial charge is 0.464 e. The fraction of sp³-hybridized carbons (Fsp3) is 0.952. The van der Waals surface area contributed by atoms with Gasteiger partial charge in [0.15, 0.2) is 0 Å². The Kier molecular flexibility index (Phi) is 20.0. The second kappa shape index (κ2) is 20.5. The predicted octanol–water partition coefficient (Wildman–Crippen LogP) is 6.14. The van der Waals surface area contributed by atoms with Gasteiger partial charge in [-0.3, -0.25) is 4.79 Å². The molecule has 0 heterocycles. The van der Waals surface area contributed by atoms with Crippen molar-refractivity contribution < 1.29 is 9.53 Å². The first kappa shape index (κ1) is 23.4. The molecule has 0 aromatic carbocycles. The van der Waals surface area contributed by atoms with E-state index in [0.717, 1.165) is 12.8 Å². The number of esters is 1. The van der Waals surface area contributed by atoms with Gasteiger partial charge in [-0.15, -0.1) is 0 Å². The predicted molar refractivity (Wildman–Crippen MR) is 104 cm³/mol. The van der Waals surface area contributed by atoms with Crippen molar-refractivity contribution in [1.29, 1.82) is 0 Å². The van der Waals surface area contributed by atoms with Crippen LogP contribution in [0.25, 0.3) is 0 Å². The van der Waals surface area contributed by atoms with Gasteiger partial charge in [0, 0.05) is 13.0 Å². The molecule has 0 saturated heterocycles. The van der Waals surface area contributed by atoms with Gasteiger partial charge in [0.2, 0.25) is 0 Å². The molecule has 0 spiro atoms. The lowest BCUT2D eigenvalue weighted by molar-refractivity contribution is -0.143. The number of nitrogens with two attached hydrogens (primary N) is 1. The number of rotatable bonds is 19. The average molecular weight is 342 g/mol. The minimum Gasteiger partial charge on any atom is -0.464 e. The van der Waals surface area contributed by atoms with E-state index < -0.39 is 0 Å². The van der Waals surface area contributed by atoms with Gasteiger partial charge in [-0.05, 0) is 6.42 Å². The van der Waals surface area contributed by atoms with Crippen LogP contribution in [0.1, 0.15) is 116 Å². The molecule has 0 radical (unpaired) electrons. The minimum atomic E-state index is -0.0918. The number of hydrogen-bond acceptors (Lipinski definition) is 3. The van der Waals surface area contributed by atoms with Crippen LogP contribution in [-0.2, 0) is 9.53 Å². The van der Waals surface area contributed by atoms with Crippen LogP contribution >= 0.6 is 0 Å². The van der Waals surface area contributed by atoms with E-state index in [1.807, 2.05) is 0 Å². The van der Waals surface area contributed by atoms with E-state index >= 15 is 0 Å². The second-order valence-corrected chi connectivity index (χ2v) is 7.06. The number of ether oxygens (including phenoxy) is 1. The van der Waals surface area contributed by atoms with E-state index in [2.05, 4.69) is 6.92 Å². The van der Waals surface area contributed by atoms with E-state index in [1.54, 1.807) is 0 Å². The van der Waals surface area contributed by atoms with Crippen molar-refractivity contribution in [2.45, 2.75) is 116 Å². The van der Waals surface area contributed by atoms with Crippen molar-refractivity contribution >= 4 is 5.97 Å². The summed E-state index contributed by atoms with van der Waals surface area (Å²) in [5.41, 5.74) is 5.29. The molecule has 2 N–H and O–H groups in total. The first-order chi connectivity index (χ1) is 11.8. The van der Waals surface area contributed by atoms with Crippen LogP contribution in [0.2, 0.25) is 0 Å². The van der Waals surface area contributed by atoms with E-state index in [9.17, 15) is 4.79 Å². The van der Waals surface area contributed by atoms with Crippen LogP contribution in [0, 0.1) is 0 Å². The summed E-state index contributed by atoms with van der Waals surface area (Å²) in [5, 5.41) is 0. The molecule has 0 amide bonds. The van der Waals surface area contributed by atoms with Gasteiger partial charge in [0.1, 0.15) is 6.61 Å². The molecule has 0 unspecified atom stereocenters. The van der Waals surface area contributed by atoms with E-state index in [1.165, 1.54) is 89.9 Å². The van der Waals surface area contributed by atoms with Crippen molar-refractivity contribution in [3.05, 3.63) is 0 Å². The van der Waals surface area contributed by atoms with Crippen LogP contribution in [0.5, 0.6) is 0 Å². The van der Waals surface area contributed by atoms with Crippen LogP contribution < -0.4 is 5.73 Å². The molecule has 0 aromatic heterocycles. The molecule has 0 aliphatic rings. The molecule has 0 atom stereocenters. The first-order valence-electron chi connectivity index (χ1n) is 10.7. The minimum absolute atomic E-state index is 0.0918. The molecule has 0 aliphatic heterocycles. The summed E-state index contributed by atoms with van der Waals surface area (Å²) in [5.74, 6) is -0.0918. The zero-order valence-electron chi connectivity index (χ0n) is 16.3. The molecule has 0 rings (SSSR count). The normalized spacial score (nSPS) is 10.9. The number of unbranched alkanes of at least 4 members (excludes halogenated alkanes) is 15. The molecule has 24 heavy (non-hydrogen) atoms. The SMILES string of the molecule is CCCCCCCCCCCCCCCCCCC(=O)OCCN. The highest BCUT2D eigenvalue weighted by atomic mass is 16.5. The molecule has 0 aromatic rings. The smallest absolute Gasteiger partial charge is 0.305 e. The Bertz CT molecular complexity index is 256. The van der Waals surface area contributed by atoms with E-state index in [0.29, 0.717) is 19.6 Å². The molecule has 3 nitrogen and oxygen atoms in total. The van der Waals surface area contributed by atoms with Crippen molar-refractivity contribution in [1.82, 2.24) is 0 Å². The fourth-order valence-electron chi connectivity index (χ4n) is 3.06. The fourth-order valence-corrected chi connectivity index (χ4v) is 3.06. The van der Waals surface area contributed by atoms with Crippen LogP contribution in [0.3, 0.4) is 0 Å². The Labute approximate surface area is 151 Å². The van der Waals surface area contributed by atoms with E-state index in [4.69, 9.17) is 10.5 Å². The second-order valence-electron chi connectivity index (χ2n) is 7.06. The van der Waals surface area contributed by atoms with Crippen molar-refractivity contribution in [2.75, 3.05) is 13.2 Å². The zero-order valence-corrected chi connectivity index (χ0v) is 16.3. The number of carbonyl (C=O) groups excluding carboxylic acids is 1. The summed E-state index contributed by atoms with van der Waals surface area (Å²) in [6.45, 7) is 3.06. The monoisotopic (exact) mass is 341 g/mol. The Hall–Kier alpha value is -0.570. The summed E-state index contributed by atoms with van der Waals surface area (Å²) in [6, 6.07) is 0. The van der Waals surface area contributed by atoms with Crippen molar-refractivity contribution in [3.8, 4) is 0 Å². The van der Waals surface area contributed by atoms with Gasteiger partial charge in [-0.1, -0.05) is 103 Å². The Morgan fingerprint density at radius 1 is 0.667 bits per heavy atom. The molecule has 3 heteroatoms. The lowest BCUT2D eigenvalue weighted by Gasteiger charge is -2.04. The van der Waals surface area contributed by atoms with Gasteiger partial charge in [-0.25, -0.2) is 0 Å². The third-order valence-electron chi connectivity index (χ3n) is 4.62. The molecule has 0 aliphatic carbocycles. The molecule has 0 saturated carbocycles. The summed E-state index contributed by atoms with van der Waals surface area (Å²) >= 11 is 0. The highest BCUT2D eigenvalue weighted by Crippen LogP contribution is 2.14. The molecular formula is C21H43NO2. The highest BCUT2D eigenvalue weighted by molar-refractivity contribution is 5.69. The Morgan fingerprint density at radius 2 is 1.04 bits per heavy atom. The Balaban J connectivity index is 3.04. The number of hydrogen-bond donors (Lipinski definition) is 1. The lowest BCUT2D eigenvalue weighted by Crippen LogP contribution is -2.13. The Morgan fingerprint density at radius 3 is 1.42 bits per heavy atom. The molecule has 0 bridgehead atoms. The first-order valence-corrected chi connectivity index (χ1v) is 10.7. The van der Waals surface area contributed by atoms with Gasteiger partial charge in [0.05, 0.1) is 0 Å². The maximum Gasteiger partial charge on any atom is 0.305 e. The summed E-state index contributed by atoms with van der Waals surface area (Å²) in [7, 11) is 0. The van der Waals surface area contributed by atoms with Crippen LogP contribution in [0.15, 0.2) is 0 Å². The van der Waals surface area contributed by atoms with Crippen molar-refractivity contribution in [2.24, 2.45) is 5.73 Å². The number of carbonyl (C=O) groups is 1. The van der Waals surface area contributed by atoms with Gasteiger partial charge in [-0.2, -0.15) is 0 Å². The third kappa shape index (κ3) is 19.5. The van der Waals surface area contributed by atoms with Gasteiger partial charge >= 0.3 is 5.97 Å². The van der Waals surface area contributed by atoms with Gasteiger partial charge < -0.3 is 10.5 Å². The summed E-state index contributed by atoms with van der Waals surface area (Å²) < 4.78 is 4.95. The van der Waals surface area contributed by atoms with E-state index in [-0.39, 0.29) is 5.97 Å². The molecular weight excluding hydrogens is 298 g/mol. The average Bonchev–Trinajstić information content (AvgIpc) is 2.59. The van der Waals surface area contributed by atoms with Gasteiger partial charge in [0.25, 0.3) is 0 Å². The maximum atomic E-state index is 11.3. The summed E-state index contributed by atoms with van der Waals surface area (Å²) in [4.78, 5) is 11.3. The molecule has 0 fully saturated rings. The zero-order chi connectivity index (χ0) is 17.7. The third-order valence-corrected chi connectivity index (χ3v) is 4.62.